The molecule has 0 spiro atoms. The Kier molecular flexibility index (Phi) is 5.32. The van der Waals surface area contributed by atoms with Crippen LogP contribution in [0.15, 0.2) is 54.6 Å². The number of aryl methyl sites for hydroxylation is 1. The minimum atomic E-state index is -0.0808. The highest BCUT2D eigenvalue weighted by molar-refractivity contribution is 5.83. The van der Waals surface area contributed by atoms with Crippen LogP contribution in [-0.4, -0.2) is 10.7 Å². The molecule has 0 bridgehead atoms. The molecule has 22 heavy (non-hydrogen) atoms. The first-order valence-corrected chi connectivity index (χ1v) is 7.53. The first-order valence-electron chi connectivity index (χ1n) is 7.53. The minimum absolute atomic E-state index is 0.0808. The van der Waals surface area contributed by atoms with E-state index in [4.69, 9.17) is 5.41 Å². The topological polar surface area (TPSA) is 50.9 Å². The van der Waals surface area contributed by atoms with Crippen molar-refractivity contribution < 1.29 is 0 Å². The maximum absolute atomic E-state index is 9.54. The van der Waals surface area contributed by atoms with E-state index in [-0.39, 0.29) is 6.04 Å². The fraction of sp³-hybridized carbons (Fsp3) is 0.263. The molecule has 3 heteroatoms. The number of hydrogen-bond acceptors (Lipinski definition) is 2. The van der Waals surface area contributed by atoms with Crippen LogP contribution in [0.2, 0.25) is 0 Å². The summed E-state index contributed by atoms with van der Waals surface area (Å²) in [6.45, 7) is 4.08. The van der Waals surface area contributed by atoms with Crippen LogP contribution in [-0.2, 0) is 6.42 Å². The molecular formula is C19H21N3. The van der Waals surface area contributed by atoms with E-state index in [1.165, 1.54) is 4.90 Å². The Morgan fingerprint density at radius 1 is 1.14 bits per heavy atom. The van der Waals surface area contributed by atoms with Gasteiger partial charge in [-0.3, -0.25) is 10.3 Å². The second kappa shape index (κ2) is 7.42. The molecule has 112 valence electrons. The summed E-state index contributed by atoms with van der Waals surface area (Å²) < 4.78 is 0. The van der Waals surface area contributed by atoms with Gasteiger partial charge in [-0.1, -0.05) is 61.5 Å². The zero-order valence-electron chi connectivity index (χ0n) is 13.1. The Hall–Kier alpha value is -2.60. The average molecular weight is 291 g/mol. The molecule has 0 heterocycles. The van der Waals surface area contributed by atoms with Crippen LogP contribution >= 0.6 is 0 Å². The monoisotopic (exact) mass is 291 g/mol. The van der Waals surface area contributed by atoms with Crippen molar-refractivity contribution in [3.05, 3.63) is 71.3 Å². The van der Waals surface area contributed by atoms with Crippen LogP contribution in [0.25, 0.3) is 0 Å². The molecule has 0 unspecified atom stereocenters. The number of amidine groups is 1. The highest BCUT2D eigenvalue weighted by atomic mass is 15.2. The lowest BCUT2D eigenvalue weighted by Crippen LogP contribution is -2.31. The zero-order chi connectivity index (χ0) is 15.9. The summed E-state index contributed by atoms with van der Waals surface area (Å²) in [7, 11) is 0. The van der Waals surface area contributed by atoms with Crippen LogP contribution in [0.1, 0.15) is 36.1 Å². The van der Waals surface area contributed by atoms with E-state index in [1.54, 1.807) is 0 Å². The Morgan fingerprint density at radius 2 is 1.77 bits per heavy atom. The Balaban J connectivity index is 2.22. The summed E-state index contributed by atoms with van der Waals surface area (Å²) >= 11 is 0. The highest BCUT2D eigenvalue weighted by Gasteiger charge is 2.21. The molecule has 0 fully saturated rings. The minimum Gasteiger partial charge on any atom is -0.287 e. The third-order valence-electron chi connectivity index (χ3n) is 3.90. The molecule has 2 rings (SSSR count). The van der Waals surface area contributed by atoms with E-state index in [1.807, 2.05) is 68.4 Å². The molecule has 3 nitrogen and oxygen atoms in total. The van der Waals surface area contributed by atoms with E-state index in [0.29, 0.717) is 12.3 Å². The van der Waals surface area contributed by atoms with Crippen molar-refractivity contribution in [2.24, 2.45) is 0 Å². The van der Waals surface area contributed by atoms with Gasteiger partial charge in [0.15, 0.2) is 6.19 Å². The molecule has 0 saturated carbocycles. The molecule has 0 amide bonds. The van der Waals surface area contributed by atoms with Gasteiger partial charge in [0.25, 0.3) is 0 Å². The maximum Gasteiger partial charge on any atom is 0.185 e. The van der Waals surface area contributed by atoms with E-state index in [0.717, 1.165) is 23.1 Å². The van der Waals surface area contributed by atoms with Gasteiger partial charge < -0.3 is 0 Å². The number of nitriles is 1. The number of rotatable bonds is 5. The van der Waals surface area contributed by atoms with Gasteiger partial charge in [0.1, 0.15) is 5.84 Å². The lowest BCUT2D eigenvalue weighted by molar-refractivity contribution is 0.406. The Morgan fingerprint density at radius 3 is 2.36 bits per heavy atom. The second-order valence-electron chi connectivity index (χ2n) is 5.35. The first kappa shape index (κ1) is 15.8. The van der Waals surface area contributed by atoms with E-state index >= 15 is 0 Å². The van der Waals surface area contributed by atoms with Gasteiger partial charge in [-0.25, -0.2) is 0 Å². The average Bonchev–Trinajstić information content (AvgIpc) is 2.55. The smallest absolute Gasteiger partial charge is 0.185 e. The summed E-state index contributed by atoms with van der Waals surface area (Å²) in [5, 5.41) is 17.9. The largest absolute Gasteiger partial charge is 0.287 e. The van der Waals surface area contributed by atoms with Gasteiger partial charge >= 0.3 is 0 Å². The van der Waals surface area contributed by atoms with Gasteiger partial charge in [0.2, 0.25) is 0 Å². The quantitative estimate of drug-likeness (QED) is 0.383. The molecule has 2 aromatic carbocycles. The van der Waals surface area contributed by atoms with Crippen molar-refractivity contribution in [3.63, 3.8) is 0 Å². The molecular weight excluding hydrogens is 270 g/mol. The summed E-state index contributed by atoms with van der Waals surface area (Å²) in [5.41, 5.74) is 3.31. The molecule has 1 N–H and O–H groups in total. The van der Waals surface area contributed by atoms with Crippen molar-refractivity contribution in [3.8, 4) is 6.19 Å². The van der Waals surface area contributed by atoms with Crippen molar-refractivity contribution in [1.82, 2.24) is 4.90 Å². The molecule has 0 aromatic heterocycles. The second-order valence-corrected chi connectivity index (χ2v) is 5.35. The van der Waals surface area contributed by atoms with E-state index < -0.39 is 0 Å². The van der Waals surface area contributed by atoms with E-state index in [9.17, 15) is 5.26 Å². The fourth-order valence-corrected chi connectivity index (χ4v) is 2.63. The van der Waals surface area contributed by atoms with Crippen molar-refractivity contribution in [1.29, 1.82) is 10.7 Å². The lowest BCUT2D eigenvalue weighted by atomic mass is 10.0. The molecule has 0 radical (unpaired) electrons. The molecule has 0 aliphatic rings. The van der Waals surface area contributed by atoms with Gasteiger partial charge in [-0.15, -0.1) is 0 Å². The molecule has 0 aliphatic heterocycles. The van der Waals surface area contributed by atoms with Crippen LogP contribution in [0.4, 0.5) is 0 Å². The molecule has 1 atom stereocenters. The Bertz CT molecular complexity index is 671. The zero-order valence-corrected chi connectivity index (χ0v) is 13.1. The van der Waals surface area contributed by atoms with Crippen LogP contribution in [0.3, 0.4) is 0 Å². The summed E-state index contributed by atoms with van der Waals surface area (Å²) in [5.74, 6) is 0.340. The van der Waals surface area contributed by atoms with Crippen molar-refractivity contribution >= 4 is 5.84 Å². The Labute approximate surface area is 132 Å². The predicted molar refractivity (Wildman–Crippen MR) is 89.5 cm³/mol. The molecule has 0 saturated heterocycles. The number of hydrogen-bond donors (Lipinski definition) is 1. The summed E-state index contributed by atoms with van der Waals surface area (Å²) in [4.78, 5) is 1.53. The van der Waals surface area contributed by atoms with Crippen LogP contribution in [0, 0.1) is 23.8 Å². The molecule has 2 aromatic rings. The van der Waals surface area contributed by atoms with Gasteiger partial charge in [-0.2, -0.15) is 5.26 Å². The number of nitrogens with one attached hydrogen (secondary N) is 1. The highest BCUT2D eigenvalue weighted by Crippen LogP contribution is 2.24. The third-order valence-corrected chi connectivity index (χ3v) is 3.90. The SMILES string of the molecule is CC[C@H](c1ccccc1)N(C#N)C(=N)Cc1ccccc1C. The summed E-state index contributed by atoms with van der Waals surface area (Å²) in [6.07, 6.45) is 3.46. The van der Waals surface area contributed by atoms with Crippen molar-refractivity contribution in [2.45, 2.75) is 32.7 Å². The van der Waals surface area contributed by atoms with Crippen molar-refractivity contribution in [2.75, 3.05) is 0 Å². The third kappa shape index (κ3) is 3.53. The van der Waals surface area contributed by atoms with Gasteiger partial charge in [0.05, 0.1) is 6.04 Å². The standard InChI is InChI=1S/C19H21N3/c1-3-18(16-10-5-4-6-11-16)22(14-20)19(21)13-17-12-8-7-9-15(17)2/h4-12,18,21H,3,13H2,1-2H3/t18-/m1/s1. The number of nitrogens with zero attached hydrogens (tertiary/aromatic N) is 2. The van der Waals surface area contributed by atoms with Gasteiger partial charge in [0, 0.05) is 6.42 Å². The van der Waals surface area contributed by atoms with Crippen LogP contribution in [0.5, 0.6) is 0 Å². The first-order chi connectivity index (χ1) is 10.7. The van der Waals surface area contributed by atoms with Gasteiger partial charge in [-0.05, 0) is 30.0 Å². The maximum atomic E-state index is 9.54. The lowest BCUT2D eigenvalue weighted by Gasteiger charge is -2.27. The molecule has 0 aliphatic carbocycles. The van der Waals surface area contributed by atoms with E-state index in [2.05, 4.69) is 6.19 Å². The summed E-state index contributed by atoms with van der Waals surface area (Å²) in [6, 6.07) is 17.9. The fourth-order valence-electron chi connectivity index (χ4n) is 2.63. The predicted octanol–water partition coefficient (Wildman–Crippen LogP) is 4.45. The normalized spacial score (nSPS) is 11.5. The number of benzene rings is 2. The van der Waals surface area contributed by atoms with Crippen LogP contribution < -0.4 is 0 Å².